The van der Waals surface area contributed by atoms with E-state index < -0.39 is 20.9 Å². The molecule has 234 valence electrons. The number of ether oxygens (including phenoxy) is 3. The van der Waals surface area contributed by atoms with E-state index in [0.29, 0.717) is 59.7 Å². The maximum absolute atomic E-state index is 14.1. The normalized spacial score (nSPS) is 45.0. The van der Waals surface area contributed by atoms with Crippen molar-refractivity contribution in [2.45, 2.75) is 121 Å². The van der Waals surface area contributed by atoms with E-state index in [9.17, 15) is 8.42 Å². The quantitative estimate of drug-likeness (QED) is 0.292. The van der Waals surface area contributed by atoms with Crippen LogP contribution in [-0.2, 0) is 24.0 Å². The average Bonchev–Trinajstić information content (AvgIpc) is 3.18. The van der Waals surface area contributed by atoms with Crippen LogP contribution in [0.4, 0.5) is 0 Å². The zero-order chi connectivity index (χ0) is 29.5. The van der Waals surface area contributed by atoms with Crippen molar-refractivity contribution in [3.05, 3.63) is 30.3 Å². The molecule has 1 aromatic carbocycles. The molecule has 1 saturated heterocycles. The maximum Gasteiger partial charge on any atom is 0.181 e. The predicted molar refractivity (Wildman–Crippen MR) is 165 cm³/mol. The Balaban J connectivity index is 1.14. The van der Waals surface area contributed by atoms with Crippen LogP contribution in [0, 0.1) is 51.8 Å². The molecule has 1 heterocycles. The largest absolute Gasteiger partial charge is 0.378 e. The summed E-state index contributed by atoms with van der Waals surface area (Å²) in [7, 11) is -3.53. The first kappa shape index (κ1) is 29.7. The third-order valence-electron chi connectivity index (χ3n) is 14.3. The number of hydrogen-bond donors (Lipinski definition) is 0. The SMILES string of the molecule is CCOC1CC2C3CCC([C@H](C)CC(CC4(C)OCCO4)S(=O)(=O)c4ccccc4)C3(C)CCC2C2(C)CC[C@@H]3CC132. The van der Waals surface area contributed by atoms with Crippen molar-refractivity contribution in [3.8, 4) is 0 Å². The van der Waals surface area contributed by atoms with Gasteiger partial charge in [-0.1, -0.05) is 39.0 Å². The van der Waals surface area contributed by atoms with Crippen molar-refractivity contribution in [2.24, 2.45) is 51.8 Å². The zero-order valence-corrected chi connectivity index (χ0v) is 27.5. The summed E-state index contributed by atoms with van der Waals surface area (Å²) in [5.41, 5.74) is 1.17. The van der Waals surface area contributed by atoms with E-state index in [4.69, 9.17) is 14.2 Å². The molecule has 0 amide bonds. The molecule has 9 unspecified atom stereocenters. The van der Waals surface area contributed by atoms with Gasteiger partial charge in [0.25, 0.3) is 0 Å². The lowest BCUT2D eigenvalue weighted by Gasteiger charge is -2.61. The molecule has 5 aliphatic carbocycles. The summed E-state index contributed by atoms with van der Waals surface area (Å²) < 4.78 is 46.8. The molecule has 7 rings (SSSR count). The minimum absolute atomic E-state index is 0.269. The third kappa shape index (κ3) is 4.27. The maximum atomic E-state index is 14.1. The van der Waals surface area contributed by atoms with Gasteiger partial charge in [0.1, 0.15) is 0 Å². The van der Waals surface area contributed by atoms with Gasteiger partial charge in [-0.05, 0) is 130 Å². The highest BCUT2D eigenvalue weighted by atomic mass is 32.2. The van der Waals surface area contributed by atoms with E-state index >= 15 is 0 Å². The van der Waals surface area contributed by atoms with Crippen molar-refractivity contribution in [3.63, 3.8) is 0 Å². The second-order valence-corrected chi connectivity index (χ2v) is 18.1. The van der Waals surface area contributed by atoms with Gasteiger partial charge in [-0.3, -0.25) is 0 Å². The first-order valence-electron chi connectivity index (χ1n) is 17.2. The van der Waals surface area contributed by atoms with Crippen LogP contribution in [0.25, 0.3) is 0 Å². The summed E-state index contributed by atoms with van der Waals surface area (Å²) in [4.78, 5) is 0.418. The number of fused-ring (bicyclic) bond motifs is 4. The Morgan fingerprint density at radius 2 is 1.71 bits per heavy atom. The molecule has 1 aliphatic heterocycles. The second kappa shape index (κ2) is 10.3. The van der Waals surface area contributed by atoms with Crippen LogP contribution in [0.2, 0.25) is 0 Å². The Hall–Kier alpha value is -0.950. The Bertz CT molecular complexity index is 1260. The first-order chi connectivity index (χ1) is 20.0. The van der Waals surface area contributed by atoms with Crippen LogP contribution < -0.4 is 0 Å². The van der Waals surface area contributed by atoms with Crippen molar-refractivity contribution < 1.29 is 22.6 Å². The number of hydrogen-bond acceptors (Lipinski definition) is 5. The topological polar surface area (TPSA) is 61.8 Å². The molecular formula is C36H54O5S. The van der Waals surface area contributed by atoms with Crippen molar-refractivity contribution in [1.29, 1.82) is 0 Å². The molecule has 0 radical (unpaired) electrons. The molecule has 0 bridgehead atoms. The smallest absolute Gasteiger partial charge is 0.181 e. The predicted octanol–water partition coefficient (Wildman–Crippen LogP) is 7.68. The van der Waals surface area contributed by atoms with Gasteiger partial charge < -0.3 is 14.2 Å². The Morgan fingerprint density at radius 1 is 0.976 bits per heavy atom. The van der Waals surface area contributed by atoms with Gasteiger partial charge in [-0.2, -0.15) is 0 Å². The molecule has 1 spiro atoms. The summed E-state index contributed by atoms with van der Waals surface area (Å²) in [5, 5.41) is -0.530. The highest BCUT2D eigenvalue weighted by molar-refractivity contribution is 7.92. The molecule has 0 aromatic heterocycles. The van der Waals surface area contributed by atoms with Crippen LogP contribution in [-0.4, -0.2) is 45.4 Å². The first-order valence-corrected chi connectivity index (χ1v) is 18.7. The van der Waals surface area contributed by atoms with Gasteiger partial charge in [0, 0.05) is 18.4 Å². The van der Waals surface area contributed by atoms with Crippen LogP contribution in [0.1, 0.15) is 98.8 Å². The van der Waals surface area contributed by atoms with Gasteiger partial charge in [0.15, 0.2) is 15.6 Å². The van der Waals surface area contributed by atoms with Crippen LogP contribution in [0.5, 0.6) is 0 Å². The van der Waals surface area contributed by atoms with E-state index in [1.165, 1.54) is 51.4 Å². The number of sulfone groups is 1. The van der Waals surface area contributed by atoms with E-state index in [0.717, 1.165) is 30.3 Å². The monoisotopic (exact) mass is 598 g/mol. The summed E-state index contributed by atoms with van der Waals surface area (Å²) in [5.74, 6) is 3.23. The number of rotatable bonds is 9. The van der Waals surface area contributed by atoms with E-state index in [-0.39, 0.29) is 5.41 Å². The van der Waals surface area contributed by atoms with E-state index in [1.54, 1.807) is 12.1 Å². The van der Waals surface area contributed by atoms with Crippen molar-refractivity contribution in [2.75, 3.05) is 19.8 Å². The summed E-state index contributed by atoms with van der Waals surface area (Å²) in [6.07, 6.45) is 12.1. The summed E-state index contributed by atoms with van der Waals surface area (Å²) >= 11 is 0. The molecule has 5 nitrogen and oxygen atoms in total. The standard InChI is InChI=1S/C36H54O5S/c1-6-39-32-21-28-30-13-12-29(33(30,3)16-15-31(28)34(4)17-14-25-22-36(25,32)34)24(2)20-27(23-35(5)40-18-19-41-35)42(37,38)26-10-8-7-9-11-26/h7-11,24-25,27-32H,6,12-23H2,1-5H3/t24-,25-,27?,28?,29?,30?,31?,32?,33?,34?,36?/m1/s1. The Labute approximate surface area is 254 Å². The third-order valence-corrected chi connectivity index (χ3v) is 16.5. The molecule has 11 atom stereocenters. The summed E-state index contributed by atoms with van der Waals surface area (Å²) in [6, 6.07) is 9.04. The van der Waals surface area contributed by atoms with E-state index in [1.807, 2.05) is 25.1 Å². The minimum Gasteiger partial charge on any atom is -0.378 e. The fourth-order valence-corrected chi connectivity index (χ4v) is 14.5. The van der Waals surface area contributed by atoms with E-state index in [2.05, 4.69) is 27.7 Å². The summed E-state index contributed by atoms with van der Waals surface area (Å²) in [6.45, 7) is 13.6. The highest BCUT2D eigenvalue weighted by Crippen LogP contribution is 2.82. The van der Waals surface area contributed by atoms with Gasteiger partial charge >= 0.3 is 0 Å². The van der Waals surface area contributed by atoms with Gasteiger partial charge in [0.2, 0.25) is 0 Å². The van der Waals surface area contributed by atoms with Crippen LogP contribution in [0.3, 0.4) is 0 Å². The molecular weight excluding hydrogens is 544 g/mol. The van der Waals surface area contributed by atoms with Crippen LogP contribution >= 0.6 is 0 Å². The zero-order valence-electron chi connectivity index (χ0n) is 26.6. The molecule has 1 aromatic rings. The van der Waals surface area contributed by atoms with Crippen molar-refractivity contribution in [1.82, 2.24) is 0 Å². The fraction of sp³-hybridized carbons (Fsp3) is 0.833. The molecule has 6 fully saturated rings. The minimum atomic E-state index is -3.53. The number of benzene rings is 1. The molecule has 42 heavy (non-hydrogen) atoms. The fourth-order valence-electron chi connectivity index (χ4n) is 12.5. The molecule has 5 saturated carbocycles. The lowest BCUT2D eigenvalue weighted by Crippen LogP contribution is -2.57. The lowest BCUT2D eigenvalue weighted by molar-refractivity contribution is -0.167. The van der Waals surface area contributed by atoms with Gasteiger partial charge in [-0.25, -0.2) is 8.42 Å². The van der Waals surface area contributed by atoms with Crippen LogP contribution in [0.15, 0.2) is 35.2 Å². The molecule has 6 aliphatic rings. The van der Waals surface area contributed by atoms with Crippen molar-refractivity contribution >= 4 is 9.84 Å². The molecule has 0 N–H and O–H groups in total. The van der Waals surface area contributed by atoms with Gasteiger partial charge in [0.05, 0.1) is 29.5 Å². The average molecular weight is 599 g/mol. The molecule has 6 heteroatoms. The second-order valence-electron chi connectivity index (χ2n) is 15.9. The Kier molecular flexibility index (Phi) is 7.29. The Morgan fingerprint density at radius 3 is 2.40 bits per heavy atom. The van der Waals surface area contributed by atoms with Gasteiger partial charge in [-0.15, -0.1) is 0 Å². The lowest BCUT2D eigenvalue weighted by atomic mass is 9.45. The highest BCUT2D eigenvalue weighted by Gasteiger charge is 2.77.